The second-order valence-electron chi connectivity index (χ2n) is 6.07. The van der Waals surface area contributed by atoms with Crippen LogP contribution in [0.1, 0.15) is 25.5 Å². The molecule has 2 aromatic carbocycles. The number of esters is 2. The van der Waals surface area contributed by atoms with Crippen LogP contribution in [0.3, 0.4) is 0 Å². The Labute approximate surface area is 158 Å². The fourth-order valence-electron chi connectivity index (χ4n) is 3.23. The first-order valence-corrected chi connectivity index (χ1v) is 9.06. The van der Waals surface area contributed by atoms with Crippen LogP contribution in [0.15, 0.2) is 60.7 Å². The van der Waals surface area contributed by atoms with Gasteiger partial charge in [0, 0.05) is 0 Å². The standard InChI is InChI=1S/C21H23NO5/c1-3-25-20(23)17-18(21(24)26-4-2)22(16-13-9-6-10-14-16)27-19(17)15-11-7-5-8-12-15/h5-14,17-19H,3-4H2,1-2H3/t17-,18+,19+/m1/s1. The smallest absolute Gasteiger partial charge is 0.332 e. The molecule has 3 rings (SSSR count). The van der Waals surface area contributed by atoms with Gasteiger partial charge in [-0.15, -0.1) is 0 Å². The molecule has 0 aliphatic carbocycles. The second-order valence-corrected chi connectivity index (χ2v) is 6.07. The highest BCUT2D eigenvalue weighted by atomic mass is 16.7. The highest BCUT2D eigenvalue weighted by molar-refractivity contribution is 5.88. The third kappa shape index (κ3) is 3.95. The molecule has 2 aromatic rings. The molecular weight excluding hydrogens is 346 g/mol. The van der Waals surface area contributed by atoms with Crippen molar-refractivity contribution in [2.45, 2.75) is 26.0 Å². The van der Waals surface area contributed by atoms with Crippen LogP contribution in [0.2, 0.25) is 0 Å². The first-order chi connectivity index (χ1) is 13.2. The summed E-state index contributed by atoms with van der Waals surface area (Å²) < 4.78 is 10.5. The Hall–Kier alpha value is -2.86. The number of ether oxygens (including phenoxy) is 2. The predicted octanol–water partition coefficient (Wildman–Crippen LogP) is 3.29. The molecule has 142 valence electrons. The minimum Gasteiger partial charge on any atom is -0.466 e. The van der Waals surface area contributed by atoms with E-state index in [2.05, 4.69) is 0 Å². The first kappa shape index (κ1) is 18.9. The molecule has 1 saturated heterocycles. The Morgan fingerprint density at radius 1 is 0.889 bits per heavy atom. The zero-order valence-corrected chi connectivity index (χ0v) is 15.4. The zero-order chi connectivity index (χ0) is 19.2. The third-order valence-electron chi connectivity index (χ3n) is 4.37. The molecule has 0 unspecified atom stereocenters. The van der Waals surface area contributed by atoms with Gasteiger partial charge in [-0.1, -0.05) is 48.5 Å². The maximum Gasteiger partial charge on any atom is 0.332 e. The highest BCUT2D eigenvalue weighted by Gasteiger charge is 2.53. The number of hydrogen-bond donors (Lipinski definition) is 0. The van der Waals surface area contributed by atoms with Gasteiger partial charge in [0.25, 0.3) is 0 Å². The average Bonchev–Trinajstić information content (AvgIpc) is 3.10. The summed E-state index contributed by atoms with van der Waals surface area (Å²) in [5.74, 6) is -1.84. The molecule has 6 heteroatoms. The summed E-state index contributed by atoms with van der Waals surface area (Å²) in [5, 5.41) is 1.47. The van der Waals surface area contributed by atoms with E-state index in [0.717, 1.165) is 5.56 Å². The quantitative estimate of drug-likeness (QED) is 0.728. The summed E-state index contributed by atoms with van der Waals surface area (Å²) in [6, 6.07) is 17.6. The lowest BCUT2D eigenvalue weighted by atomic mass is 9.90. The van der Waals surface area contributed by atoms with E-state index in [1.807, 2.05) is 60.7 Å². The largest absolute Gasteiger partial charge is 0.466 e. The van der Waals surface area contributed by atoms with Crippen LogP contribution in [0.25, 0.3) is 0 Å². The molecule has 6 nitrogen and oxygen atoms in total. The number of carbonyl (C=O) groups excluding carboxylic acids is 2. The number of hydrogen-bond acceptors (Lipinski definition) is 6. The van der Waals surface area contributed by atoms with Crippen molar-refractivity contribution >= 4 is 17.6 Å². The Morgan fingerprint density at radius 2 is 1.44 bits per heavy atom. The number of rotatable bonds is 6. The third-order valence-corrected chi connectivity index (χ3v) is 4.37. The Balaban J connectivity index is 2.06. The van der Waals surface area contributed by atoms with E-state index in [9.17, 15) is 9.59 Å². The van der Waals surface area contributed by atoms with Crippen LogP contribution < -0.4 is 5.06 Å². The second kappa shape index (κ2) is 8.68. The molecule has 0 N–H and O–H groups in total. The minimum absolute atomic E-state index is 0.212. The zero-order valence-electron chi connectivity index (χ0n) is 15.4. The Morgan fingerprint density at radius 3 is 2.04 bits per heavy atom. The van der Waals surface area contributed by atoms with Gasteiger partial charge in [-0.05, 0) is 31.5 Å². The molecule has 1 heterocycles. The Bertz CT molecular complexity index is 699. The molecule has 1 aliphatic rings. The fourth-order valence-corrected chi connectivity index (χ4v) is 3.23. The number of anilines is 1. The summed E-state index contributed by atoms with van der Waals surface area (Å²) in [7, 11) is 0. The maximum atomic E-state index is 12.8. The molecule has 0 amide bonds. The van der Waals surface area contributed by atoms with E-state index in [4.69, 9.17) is 14.3 Å². The molecule has 27 heavy (non-hydrogen) atoms. The van der Waals surface area contributed by atoms with Crippen molar-refractivity contribution in [3.63, 3.8) is 0 Å². The van der Waals surface area contributed by atoms with Gasteiger partial charge in [0.1, 0.15) is 12.0 Å². The molecule has 1 aliphatic heterocycles. The van der Waals surface area contributed by atoms with Crippen LogP contribution in [0, 0.1) is 5.92 Å². The van der Waals surface area contributed by atoms with Crippen LogP contribution in [-0.2, 0) is 23.9 Å². The number of hydroxylamine groups is 1. The predicted molar refractivity (Wildman–Crippen MR) is 99.7 cm³/mol. The lowest BCUT2D eigenvalue weighted by Gasteiger charge is -2.24. The normalized spacial score (nSPS) is 21.7. The van der Waals surface area contributed by atoms with Crippen LogP contribution in [0.5, 0.6) is 0 Å². The van der Waals surface area contributed by atoms with Crippen molar-refractivity contribution in [2.75, 3.05) is 18.3 Å². The lowest BCUT2D eigenvalue weighted by molar-refractivity contribution is -0.156. The van der Waals surface area contributed by atoms with Gasteiger partial charge in [0.15, 0.2) is 6.04 Å². The van der Waals surface area contributed by atoms with E-state index in [-0.39, 0.29) is 13.2 Å². The lowest BCUT2D eigenvalue weighted by Crippen LogP contribution is -2.43. The van der Waals surface area contributed by atoms with Gasteiger partial charge in [0.05, 0.1) is 18.9 Å². The summed E-state index contributed by atoms with van der Waals surface area (Å²) in [6.45, 7) is 3.90. The van der Waals surface area contributed by atoms with E-state index in [0.29, 0.717) is 5.69 Å². The van der Waals surface area contributed by atoms with E-state index < -0.39 is 30.0 Å². The monoisotopic (exact) mass is 369 g/mol. The number of nitrogens with zero attached hydrogens (tertiary/aromatic N) is 1. The molecule has 0 saturated carbocycles. The van der Waals surface area contributed by atoms with Gasteiger partial charge in [0.2, 0.25) is 0 Å². The molecule has 0 bridgehead atoms. The van der Waals surface area contributed by atoms with Gasteiger partial charge in [-0.2, -0.15) is 0 Å². The number of para-hydroxylation sites is 1. The number of carbonyl (C=O) groups is 2. The van der Waals surface area contributed by atoms with Crippen LogP contribution >= 0.6 is 0 Å². The van der Waals surface area contributed by atoms with Gasteiger partial charge >= 0.3 is 11.9 Å². The molecule has 3 atom stereocenters. The number of benzene rings is 2. The molecule has 0 spiro atoms. The van der Waals surface area contributed by atoms with Crippen LogP contribution in [0.4, 0.5) is 5.69 Å². The van der Waals surface area contributed by atoms with Crippen molar-refractivity contribution in [1.82, 2.24) is 0 Å². The van der Waals surface area contributed by atoms with Crippen molar-refractivity contribution in [3.05, 3.63) is 66.2 Å². The van der Waals surface area contributed by atoms with Crippen molar-refractivity contribution < 1.29 is 23.9 Å². The van der Waals surface area contributed by atoms with Crippen molar-refractivity contribution in [2.24, 2.45) is 5.92 Å². The van der Waals surface area contributed by atoms with E-state index in [1.165, 1.54) is 5.06 Å². The molecule has 1 fully saturated rings. The fraction of sp³-hybridized carbons (Fsp3) is 0.333. The van der Waals surface area contributed by atoms with Crippen molar-refractivity contribution in [1.29, 1.82) is 0 Å². The SMILES string of the molecule is CCOC(=O)[C@@H]1[C@@H](C(=O)OCC)N(c2ccccc2)O[C@H]1c1ccccc1. The van der Waals surface area contributed by atoms with E-state index >= 15 is 0 Å². The average molecular weight is 369 g/mol. The van der Waals surface area contributed by atoms with Gasteiger partial charge < -0.3 is 9.47 Å². The van der Waals surface area contributed by atoms with Crippen molar-refractivity contribution in [3.8, 4) is 0 Å². The maximum absolute atomic E-state index is 12.8. The minimum atomic E-state index is -0.934. The topological polar surface area (TPSA) is 65.1 Å². The molecule has 0 radical (unpaired) electrons. The Kier molecular flexibility index (Phi) is 6.08. The molecule has 0 aromatic heterocycles. The first-order valence-electron chi connectivity index (χ1n) is 9.06. The summed E-state index contributed by atoms with van der Waals surface area (Å²) >= 11 is 0. The van der Waals surface area contributed by atoms with E-state index in [1.54, 1.807) is 13.8 Å². The van der Waals surface area contributed by atoms with Gasteiger partial charge in [-0.3, -0.25) is 9.63 Å². The van der Waals surface area contributed by atoms with Gasteiger partial charge in [-0.25, -0.2) is 9.86 Å². The summed E-state index contributed by atoms with van der Waals surface area (Å²) in [6.07, 6.45) is -0.653. The highest BCUT2D eigenvalue weighted by Crippen LogP contribution is 2.42. The summed E-state index contributed by atoms with van der Waals surface area (Å²) in [5.41, 5.74) is 1.46. The summed E-state index contributed by atoms with van der Waals surface area (Å²) in [4.78, 5) is 31.7. The van der Waals surface area contributed by atoms with Crippen LogP contribution in [-0.4, -0.2) is 31.2 Å². The molecular formula is C21H23NO5.